The van der Waals surface area contributed by atoms with Crippen molar-refractivity contribution in [1.82, 2.24) is 9.88 Å². The zero-order valence-corrected chi connectivity index (χ0v) is 14.5. The highest BCUT2D eigenvalue weighted by atomic mass is 16.5. The summed E-state index contributed by atoms with van der Waals surface area (Å²) in [5, 5.41) is 20.5. The van der Waals surface area contributed by atoms with Crippen molar-refractivity contribution in [2.75, 3.05) is 20.2 Å². The maximum absolute atomic E-state index is 12.6. The molecule has 7 heteroatoms. The van der Waals surface area contributed by atoms with Crippen LogP contribution in [0.15, 0.2) is 42.7 Å². The Kier molecular flexibility index (Phi) is 4.99. The van der Waals surface area contributed by atoms with Crippen LogP contribution in [-0.4, -0.2) is 58.3 Å². The van der Waals surface area contributed by atoms with Crippen molar-refractivity contribution in [3.63, 3.8) is 0 Å². The molecule has 0 unspecified atom stereocenters. The minimum atomic E-state index is -1.46. The number of hydrogen-bond acceptors (Lipinski definition) is 4. The standard InChI is InChI=1S/C19H22N2O5/c1-26-15-4-2-3-13(9-15)10-19(18(24)25)12-21(8-6-16(19)22)17(23)14-5-7-20-11-14/h2-5,7,9,11,16,20,22H,6,8,10,12H2,1H3,(H,24,25)/t16-,19-/m1/s1. The maximum atomic E-state index is 12.6. The van der Waals surface area contributed by atoms with Crippen LogP contribution in [0.25, 0.3) is 0 Å². The van der Waals surface area contributed by atoms with Crippen LogP contribution in [0.1, 0.15) is 22.3 Å². The zero-order chi connectivity index (χ0) is 18.7. The molecule has 26 heavy (non-hydrogen) atoms. The fourth-order valence-corrected chi connectivity index (χ4v) is 3.50. The molecule has 2 atom stereocenters. The topological polar surface area (TPSA) is 103 Å². The van der Waals surface area contributed by atoms with E-state index in [2.05, 4.69) is 4.98 Å². The average molecular weight is 358 g/mol. The van der Waals surface area contributed by atoms with Gasteiger partial charge in [0.15, 0.2) is 0 Å². The number of rotatable bonds is 5. The van der Waals surface area contributed by atoms with E-state index in [9.17, 15) is 19.8 Å². The number of nitrogens with zero attached hydrogens (tertiary/aromatic N) is 1. The first kappa shape index (κ1) is 18.0. The van der Waals surface area contributed by atoms with Gasteiger partial charge in [-0.15, -0.1) is 0 Å². The fraction of sp³-hybridized carbons (Fsp3) is 0.368. The van der Waals surface area contributed by atoms with Gasteiger partial charge in [0, 0.05) is 25.5 Å². The molecule has 3 rings (SSSR count). The Labute approximate surface area is 151 Å². The number of aliphatic hydroxyl groups is 1. The first-order valence-electron chi connectivity index (χ1n) is 8.43. The number of ether oxygens (including phenoxy) is 1. The van der Waals surface area contributed by atoms with Gasteiger partial charge in [0.1, 0.15) is 11.2 Å². The lowest BCUT2D eigenvalue weighted by Crippen LogP contribution is -2.58. The third kappa shape index (κ3) is 3.30. The number of carboxylic acids is 1. The van der Waals surface area contributed by atoms with E-state index in [0.29, 0.717) is 17.9 Å². The Morgan fingerprint density at radius 1 is 1.38 bits per heavy atom. The molecule has 0 spiro atoms. The molecule has 3 N–H and O–H groups in total. The molecule has 138 valence electrons. The molecule has 2 aromatic rings. The van der Waals surface area contributed by atoms with E-state index in [1.807, 2.05) is 0 Å². The third-order valence-corrected chi connectivity index (χ3v) is 5.00. The minimum absolute atomic E-state index is 0.0509. The number of carboxylic acid groups (broad SMARTS) is 1. The van der Waals surface area contributed by atoms with Gasteiger partial charge in [-0.05, 0) is 36.6 Å². The first-order chi connectivity index (χ1) is 12.5. The van der Waals surface area contributed by atoms with Crippen LogP contribution in [-0.2, 0) is 11.2 Å². The summed E-state index contributed by atoms with van der Waals surface area (Å²) in [5.74, 6) is -0.734. The number of benzene rings is 1. The Balaban J connectivity index is 1.89. The number of aromatic nitrogens is 1. The van der Waals surface area contributed by atoms with Crippen molar-refractivity contribution < 1.29 is 24.5 Å². The van der Waals surface area contributed by atoms with Crippen LogP contribution in [0.5, 0.6) is 5.75 Å². The number of likely N-dealkylation sites (tertiary alicyclic amines) is 1. The largest absolute Gasteiger partial charge is 0.497 e. The van der Waals surface area contributed by atoms with E-state index in [1.54, 1.807) is 49.8 Å². The van der Waals surface area contributed by atoms with Gasteiger partial charge in [-0.25, -0.2) is 0 Å². The van der Waals surface area contributed by atoms with Crippen molar-refractivity contribution in [1.29, 1.82) is 0 Å². The van der Waals surface area contributed by atoms with Crippen molar-refractivity contribution >= 4 is 11.9 Å². The molecule has 2 heterocycles. The van der Waals surface area contributed by atoms with Gasteiger partial charge < -0.3 is 24.8 Å². The SMILES string of the molecule is COc1cccc(C[C@@]2(C(=O)O)CN(C(=O)c3cc[nH]c3)CC[C@H]2O)c1. The molecular weight excluding hydrogens is 336 g/mol. The van der Waals surface area contributed by atoms with E-state index in [-0.39, 0.29) is 25.3 Å². The molecule has 1 aliphatic rings. The Morgan fingerprint density at radius 3 is 2.85 bits per heavy atom. The number of aliphatic carboxylic acids is 1. The second-order valence-electron chi connectivity index (χ2n) is 6.62. The summed E-state index contributed by atoms with van der Waals surface area (Å²) in [6.07, 6.45) is 2.51. The molecule has 1 aromatic heterocycles. The lowest BCUT2D eigenvalue weighted by Gasteiger charge is -2.43. The van der Waals surface area contributed by atoms with Crippen LogP contribution in [0, 0.1) is 5.41 Å². The summed E-state index contributed by atoms with van der Waals surface area (Å²) in [4.78, 5) is 29.1. The normalized spacial score (nSPS) is 22.8. The molecule has 0 bridgehead atoms. The van der Waals surface area contributed by atoms with Gasteiger partial charge in [-0.1, -0.05) is 12.1 Å². The summed E-state index contributed by atoms with van der Waals surface area (Å²) in [6, 6.07) is 8.76. The molecule has 0 saturated carbocycles. The predicted molar refractivity (Wildman–Crippen MR) is 94.1 cm³/mol. The number of aliphatic hydroxyl groups excluding tert-OH is 1. The predicted octanol–water partition coefficient (Wildman–Crippen LogP) is 1.54. The number of piperidine rings is 1. The smallest absolute Gasteiger partial charge is 0.314 e. The molecule has 1 aromatic carbocycles. The highest BCUT2D eigenvalue weighted by Gasteiger charge is 2.50. The number of hydrogen-bond donors (Lipinski definition) is 3. The van der Waals surface area contributed by atoms with Gasteiger partial charge in [-0.3, -0.25) is 9.59 Å². The Bertz CT molecular complexity index is 789. The van der Waals surface area contributed by atoms with Crippen LogP contribution in [0.3, 0.4) is 0 Å². The van der Waals surface area contributed by atoms with Crippen LogP contribution in [0.2, 0.25) is 0 Å². The number of H-pyrrole nitrogens is 1. The minimum Gasteiger partial charge on any atom is -0.497 e. The van der Waals surface area contributed by atoms with E-state index in [1.165, 1.54) is 4.90 Å². The van der Waals surface area contributed by atoms with E-state index in [4.69, 9.17) is 4.74 Å². The third-order valence-electron chi connectivity index (χ3n) is 5.00. The number of carbonyl (C=O) groups is 2. The van der Waals surface area contributed by atoms with Crippen LogP contribution >= 0.6 is 0 Å². The molecular formula is C19H22N2O5. The van der Waals surface area contributed by atoms with Crippen molar-refractivity contribution in [2.45, 2.75) is 18.9 Å². The monoisotopic (exact) mass is 358 g/mol. The lowest BCUT2D eigenvalue weighted by atomic mass is 9.72. The highest BCUT2D eigenvalue weighted by molar-refractivity contribution is 5.94. The van der Waals surface area contributed by atoms with Crippen molar-refractivity contribution in [2.24, 2.45) is 5.41 Å². The summed E-state index contributed by atoms with van der Waals surface area (Å²) < 4.78 is 5.19. The van der Waals surface area contributed by atoms with Gasteiger partial charge in [0.05, 0.1) is 18.8 Å². The van der Waals surface area contributed by atoms with E-state index >= 15 is 0 Å². The zero-order valence-electron chi connectivity index (χ0n) is 14.5. The molecule has 7 nitrogen and oxygen atoms in total. The maximum Gasteiger partial charge on any atom is 0.314 e. The highest BCUT2D eigenvalue weighted by Crippen LogP contribution is 2.36. The number of carbonyl (C=O) groups excluding carboxylic acids is 1. The van der Waals surface area contributed by atoms with Crippen LogP contribution in [0.4, 0.5) is 0 Å². The van der Waals surface area contributed by atoms with Crippen molar-refractivity contribution in [3.8, 4) is 5.75 Å². The van der Waals surface area contributed by atoms with Gasteiger partial charge in [0.25, 0.3) is 5.91 Å². The molecule has 0 aliphatic carbocycles. The Morgan fingerprint density at radius 2 is 2.19 bits per heavy atom. The first-order valence-corrected chi connectivity index (χ1v) is 8.43. The molecule has 1 aliphatic heterocycles. The molecule has 1 saturated heterocycles. The number of nitrogens with one attached hydrogen (secondary N) is 1. The van der Waals surface area contributed by atoms with E-state index < -0.39 is 17.5 Å². The fourth-order valence-electron chi connectivity index (χ4n) is 3.50. The molecule has 1 fully saturated rings. The van der Waals surface area contributed by atoms with E-state index in [0.717, 1.165) is 5.56 Å². The second-order valence-corrected chi connectivity index (χ2v) is 6.62. The average Bonchev–Trinajstić information content (AvgIpc) is 3.17. The summed E-state index contributed by atoms with van der Waals surface area (Å²) in [5.41, 5.74) is -0.250. The molecule has 1 amide bonds. The van der Waals surface area contributed by atoms with Crippen molar-refractivity contribution in [3.05, 3.63) is 53.9 Å². The number of aromatic amines is 1. The quantitative estimate of drug-likeness (QED) is 0.752. The number of amides is 1. The Hall–Kier alpha value is -2.80. The van der Waals surface area contributed by atoms with Gasteiger partial charge in [0.2, 0.25) is 0 Å². The summed E-state index contributed by atoms with van der Waals surface area (Å²) in [6.45, 7) is 0.267. The lowest BCUT2D eigenvalue weighted by molar-refractivity contribution is -0.161. The van der Waals surface area contributed by atoms with Gasteiger partial charge >= 0.3 is 5.97 Å². The summed E-state index contributed by atoms with van der Waals surface area (Å²) >= 11 is 0. The van der Waals surface area contributed by atoms with Crippen LogP contribution < -0.4 is 4.74 Å². The summed E-state index contributed by atoms with van der Waals surface area (Å²) in [7, 11) is 1.54. The molecule has 0 radical (unpaired) electrons. The second kappa shape index (κ2) is 7.21. The van der Waals surface area contributed by atoms with Gasteiger partial charge in [-0.2, -0.15) is 0 Å². The number of methoxy groups -OCH3 is 1.